The minimum atomic E-state index is -1.16. The van der Waals surface area contributed by atoms with Gasteiger partial charge in [-0.3, -0.25) is 19.4 Å². The SMILES string of the molecule is CCC(C)C(NC(=O)C(C)NC(=O)C(CCCN=C(N)N)NC(=O)C(N)CCCCN)C(=O)O. The van der Waals surface area contributed by atoms with E-state index in [1.165, 1.54) is 6.92 Å². The minimum absolute atomic E-state index is 0.0912. The van der Waals surface area contributed by atoms with Crippen molar-refractivity contribution in [1.82, 2.24) is 16.0 Å². The molecule has 0 aliphatic heterocycles. The second-order valence-corrected chi connectivity index (χ2v) is 8.34. The summed E-state index contributed by atoms with van der Waals surface area (Å²) in [6.07, 6.45) is 2.94. The van der Waals surface area contributed by atoms with Gasteiger partial charge < -0.3 is 44.0 Å². The fraction of sp³-hybridized carbons (Fsp3) is 0.762. The lowest BCUT2D eigenvalue weighted by Gasteiger charge is -2.25. The molecule has 12 N–H and O–H groups in total. The van der Waals surface area contributed by atoms with E-state index in [1.54, 1.807) is 6.92 Å². The molecule has 0 saturated heterocycles. The Hall–Kier alpha value is -2.93. The summed E-state index contributed by atoms with van der Waals surface area (Å²) in [6, 6.07) is -3.92. The largest absolute Gasteiger partial charge is 0.480 e. The lowest BCUT2D eigenvalue weighted by molar-refractivity contribution is -0.143. The topological polar surface area (TPSA) is 241 Å². The molecule has 0 saturated carbocycles. The number of nitrogens with two attached hydrogens (primary N) is 4. The second-order valence-electron chi connectivity index (χ2n) is 8.34. The summed E-state index contributed by atoms with van der Waals surface area (Å²) >= 11 is 0. The van der Waals surface area contributed by atoms with Gasteiger partial charge in [-0.15, -0.1) is 0 Å². The summed E-state index contributed by atoms with van der Waals surface area (Å²) in [7, 11) is 0. The van der Waals surface area contributed by atoms with Gasteiger partial charge in [-0.1, -0.05) is 26.7 Å². The standard InChI is InChI=1S/C21H42N8O5/c1-4-12(2)16(20(33)34)29-17(30)13(3)27-19(32)15(9-7-11-26-21(24)25)28-18(31)14(23)8-5-6-10-22/h12-16H,4-11,22-23H2,1-3H3,(H,27,32)(H,28,31)(H,29,30)(H,33,34)(H4,24,25,26). The normalized spacial score (nSPS) is 15.2. The number of hydrogen-bond donors (Lipinski definition) is 8. The van der Waals surface area contributed by atoms with E-state index in [9.17, 15) is 24.3 Å². The third kappa shape index (κ3) is 12.3. The molecule has 0 aromatic rings. The maximum absolute atomic E-state index is 12.8. The predicted molar refractivity (Wildman–Crippen MR) is 129 cm³/mol. The first-order valence-corrected chi connectivity index (χ1v) is 11.6. The van der Waals surface area contributed by atoms with Gasteiger partial charge in [0.25, 0.3) is 0 Å². The highest BCUT2D eigenvalue weighted by atomic mass is 16.4. The lowest BCUT2D eigenvalue weighted by Crippen LogP contribution is -2.56. The third-order valence-electron chi connectivity index (χ3n) is 5.41. The molecule has 3 amide bonds. The highest BCUT2D eigenvalue weighted by molar-refractivity contribution is 5.93. The Labute approximate surface area is 200 Å². The van der Waals surface area contributed by atoms with Crippen LogP contribution in [0.5, 0.6) is 0 Å². The Kier molecular flexibility index (Phi) is 15.2. The number of aliphatic carboxylic acids is 1. The Morgan fingerprint density at radius 1 is 0.912 bits per heavy atom. The van der Waals surface area contributed by atoms with Crippen LogP contribution in [0.4, 0.5) is 0 Å². The molecule has 0 radical (unpaired) electrons. The van der Waals surface area contributed by atoms with Crippen molar-refractivity contribution in [2.24, 2.45) is 33.8 Å². The van der Waals surface area contributed by atoms with Crippen LogP contribution in [0.1, 0.15) is 59.3 Å². The van der Waals surface area contributed by atoms with Crippen LogP contribution < -0.4 is 38.9 Å². The van der Waals surface area contributed by atoms with Crippen molar-refractivity contribution in [3.8, 4) is 0 Å². The van der Waals surface area contributed by atoms with Crippen LogP contribution in [0.25, 0.3) is 0 Å². The van der Waals surface area contributed by atoms with Gasteiger partial charge in [-0.2, -0.15) is 0 Å². The quantitative estimate of drug-likeness (QED) is 0.0649. The Balaban J connectivity index is 5.19. The number of carbonyl (C=O) groups excluding carboxylic acids is 3. The summed E-state index contributed by atoms with van der Waals surface area (Å²) in [6.45, 7) is 5.69. The molecule has 0 aromatic heterocycles. The molecule has 5 atom stereocenters. The van der Waals surface area contributed by atoms with E-state index in [1.807, 2.05) is 6.92 Å². The maximum atomic E-state index is 12.8. The van der Waals surface area contributed by atoms with Gasteiger partial charge in [-0.25, -0.2) is 4.79 Å². The number of carbonyl (C=O) groups is 4. The van der Waals surface area contributed by atoms with E-state index >= 15 is 0 Å². The third-order valence-corrected chi connectivity index (χ3v) is 5.41. The van der Waals surface area contributed by atoms with E-state index in [2.05, 4.69) is 20.9 Å². The fourth-order valence-electron chi connectivity index (χ4n) is 3.03. The van der Waals surface area contributed by atoms with E-state index in [-0.39, 0.29) is 24.8 Å². The molecular weight excluding hydrogens is 444 g/mol. The Morgan fingerprint density at radius 2 is 1.56 bits per heavy atom. The average molecular weight is 487 g/mol. The molecule has 0 aliphatic rings. The highest BCUT2D eigenvalue weighted by Gasteiger charge is 2.30. The average Bonchev–Trinajstić information content (AvgIpc) is 2.77. The van der Waals surface area contributed by atoms with Crippen LogP contribution in [0.3, 0.4) is 0 Å². The number of nitrogens with one attached hydrogen (secondary N) is 3. The molecule has 34 heavy (non-hydrogen) atoms. The van der Waals surface area contributed by atoms with Crippen molar-refractivity contribution in [1.29, 1.82) is 0 Å². The fourth-order valence-corrected chi connectivity index (χ4v) is 3.03. The smallest absolute Gasteiger partial charge is 0.326 e. The zero-order valence-corrected chi connectivity index (χ0v) is 20.4. The van der Waals surface area contributed by atoms with Crippen molar-refractivity contribution in [2.75, 3.05) is 13.1 Å². The molecule has 0 aliphatic carbocycles. The molecule has 0 heterocycles. The van der Waals surface area contributed by atoms with E-state index in [0.717, 1.165) is 6.42 Å². The van der Waals surface area contributed by atoms with Gasteiger partial charge in [0.1, 0.15) is 18.1 Å². The maximum Gasteiger partial charge on any atom is 0.326 e. The van der Waals surface area contributed by atoms with Crippen molar-refractivity contribution < 1.29 is 24.3 Å². The van der Waals surface area contributed by atoms with Crippen LogP contribution in [0.15, 0.2) is 4.99 Å². The highest BCUT2D eigenvalue weighted by Crippen LogP contribution is 2.08. The number of nitrogens with zero attached hydrogens (tertiary/aromatic N) is 1. The number of amides is 3. The number of hydrogen-bond acceptors (Lipinski definition) is 7. The summed E-state index contributed by atoms with van der Waals surface area (Å²) < 4.78 is 0. The van der Waals surface area contributed by atoms with Crippen LogP contribution in [0, 0.1) is 5.92 Å². The molecule has 196 valence electrons. The van der Waals surface area contributed by atoms with Crippen LogP contribution in [-0.2, 0) is 19.2 Å². The van der Waals surface area contributed by atoms with E-state index < -0.39 is 47.9 Å². The molecule has 13 nitrogen and oxygen atoms in total. The van der Waals surface area contributed by atoms with Crippen molar-refractivity contribution in [2.45, 2.75) is 83.5 Å². The number of carboxylic acids is 1. The van der Waals surface area contributed by atoms with Gasteiger partial charge in [0, 0.05) is 6.54 Å². The summed E-state index contributed by atoms with van der Waals surface area (Å²) in [5, 5.41) is 17.0. The molecule has 5 unspecified atom stereocenters. The summed E-state index contributed by atoms with van der Waals surface area (Å²) in [4.78, 5) is 53.1. The van der Waals surface area contributed by atoms with Crippen molar-refractivity contribution in [3.63, 3.8) is 0 Å². The van der Waals surface area contributed by atoms with Gasteiger partial charge in [0.05, 0.1) is 6.04 Å². The Morgan fingerprint density at radius 3 is 2.09 bits per heavy atom. The van der Waals surface area contributed by atoms with Gasteiger partial charge in [-0.05, 0) is 45.1 Å². The lowest BCUT2D eigenvalue weighted by atomic mass is 9.99. The molecule has 0 spiro atoms. The zero-order valence-electron chi connectivity index (χ0n) is 20.4. The van der Waals surface area contributed by atoms with Crippen molar-refractivity contribution in [3.05, 3.63) is 0 Å². The van der Waals surface area contributed by atoms with E-state index in [0.29, 0.717) is 32.2 Å². The first-order valence-electron chi connectivity index (χ1n) is 11.6. The number of aliphatic imine (C=N–C) groups is 1. The monoisotopic (exact) mass is 486 g/mol. The molecule has 0 aromatic carbocycles. The minimum Gasteiger partial charge on any atom is -0.480 e. The van der Waals surface area contributed by atoms with Gasteiger partial charge >= 0.3 is 5.97 Å². The number of unbranched alkanes of at least 4 members (excludes halogenated alkanes) is 1. The first-order chi connectivity index (χ1) is 15.9. The molecule has 0 rings (SSSR count). The van der Waals surface area contributed by atoms with Crippen molar-refractivity contribution >= 4 is 29.7 Å². The molecule has 0 bridgehead atoms. The van der Waals surface area contributed by atoms with E-state index in [4.69, 9.17) is 22.9 Å². The zero-order chi connectivity index (χ0) is 26.3. The molecular formula is C21H42N8O5. The summed E-state index contributed by atoms with van der Waals surface area (Å²) in [5.74, 6) is -3.30. The Bertz CT molecular complexity index is 699. The van der Waals surface area contributed by atoms with Crippen LogP contribution in [-0.4, -0.2) is 72.0 Å². The summed E-state index contributed by atoms with van der Waals surface area (Å²) in [5.41, 5.74) is 22.0. The predicted octanol–water partition coefficient (Wildman–Crippen LogP) is -1.90. The van der Waals surface area contributed by atoms with Crippen LogP contribution in [0.2, 0.25) is 0 Å². The molecule has 13 heteroatoms. The molecule has 0 fully saturated rings. The van der Waals surface area contributed by atoms with Gasteiger partial charge in [0.2, 0.25) is 17.7 Å². The first kappa shape index (κ1) is 31.1. The van der Waals surface area contributed by atoms with Gasteiger partial charge in [0.15, 0.2) is 5.96 Å². The second kappa shape index (κ2) is 16.6. The number of guanidine groups is 1. The number of rotatable bonds is 17. The number of carboxylic acid groups (broad SMARTS) is 1. The van der Waals surface area contributed by atoms with Crippen LogP contribution >= 0.6 is 0 Å².